The highest BCUT2D eigenvalue weighted by Gasteiger charge is 2.26. The summed E-state index contributed by atoms with van der Waals surface area (Å²) >= 11 is 0. The van der Waals surface area contributed by atoms with Gasteiger partial charge in [0.05, 0.1) is 0 Å². The first-order valence-electron chi connectivity index (χ1n) is 11.4. The Morgan fingerprint density at radius 1 is 1.09 bits per heavy atom. The molecule has 8 heteroatoms. The average molecular weight is 448 g/mol. The topological polar surface area (TPSA) is 104 Å². The minimum absolute atomic E-state index is 0. The first kappa shape index (κ1) is 21.2. The Labute approximate surface area is 196 Å². The molecule has 33 heavy (non-hydrogen) atoms. The van der Waals surface area contributed by atoms with E-state index >= 15 is 0 Å². The lowest BCUT2D eigenvalue weighted by atomic mass is 9.91. The number of amides is 1. The van der Waals surface area contributed by atoms with Gasteiger partial charge in [-0.15, -0.1) is 0 Å². The lowest BCUT2D eigenvalue weighted by Crippen LogP contribution is -2.26. The molecule has 1 amide bonds. The van der Waals surface area contributed by atoms with Gasteiger partial charge in [-0.05, 0) is 55.2 Å². The summed E-state index contributed by atoms with van der Waals surface area (Å²) in [6.07, 6.45) is 6.38. The lowest BCUT2D eigenvalue weighted by molar-refractivity contribution is 0.0951. The zero-order valence-corrected chi connectivity index (χ0v) is 19.2. The number of nitrogens with one attached hydrogen (secondary N) is 4. The molecule has 2 aliphatic rings. The van der Waals surface area contributed by atoms with Crippen LogP contribution in [0.1, 0.15) is 58.1 Å². The van der Waals surface area contributed by atoms with Crippen molar-refractivity contribution in [3.63, 3.8) is 0 Å². The van der Waals surface area contributed by atoms with Crippen molar-refractivity contribution in [2.24, 2.45) is 0 Å². The zero-order valence-electron chi connectivity index (χ0n) is 19.2. The maximum atomic E-state index is 12.9. The molecule has 0 saturated heterocycles. The third-order valence-electron chi connectivity index (χ3n) is 5.81. The molecule has 1 saturated carbocycles. The summed E-state index contributed by atoms with van der Waals surface area (Å²) in [4.78, 5) is 26.4. The van der Waals surface area contributed by atoms with Crippen LogP contribution in [0.5, 0.6) is 0 Å². The predicted molar refractivity (Wildman–Crippen MR) is 135 cm³/mol. The third-order valence-corrected chi connectivity index (χ3v) is 5.81. The number of fused-ring (bicyclic) bond motifs is 1. The second-order valence-electron chi connectivity index (χ2n) is 9.68. The number of carbonyl (C=O) groups excluding carboxylic acids is 1. The van der Waals surface area contributed by atoms with E-state index in [4.69, 9.17) is 0 Å². The normalized spacial score (nSPS) is 14.9. The monoisotopic (exact) mass is 447 g/mol. The highest BCUT2D eigenvalue weighted by Crippen LogP contribution is 2.29. The van der Waals surface area contributed by atoms with E-state index in [2.05, 4.69) is 69.1 Å². The van der Waals surface area contributed by atoms with Gasteiger partial charge in [0.25, 0.3) is 5.91 Å². The Morgan fingerprint density at radius 3 is 2.70 bits per heavy atom. The van der Waals surface area contributed by atoms with Gasteiger partial charge in [-0.3, -0.25) is 9.78 Å². The molecular weight excluding hydrogens is 414 g/mol. The van der Waals surface area contributed by atoms with E-state index in [1.807, 2.05) is 18.2 Å². The summed E-state index contributed by atoms with van der Waals surface area (Å²) in [7, 11) is 0. The van der Waals surface area contributed by atoms with E-state index < -0.39 is 0 Å². The molecule has 1 fully saturated rings. The number of benzene rings is 1. The second-order valence-corrected chi connectivity index (χ2v) is 9.68. The van der Waals surface area contributed by atoms with E-state index in [-0.39, 0.29) is 20.2 Å². The van der Waals surface area contributed by atoms with E-state index in [1.165, 1.54) is 11.3 Å². The van der Waals surface area contributed by atoms with Gasteiger partial charge < -0.3 is 21.3 Å². The molecule has 0 bridgehead atoms. The molecule has 0 unspecified atom stereocenters. The molecule has 2 aromatic heterocycles. The van der Waals surface area contributed by atoms with Crippen molar-refractivity contribution in [1.82, 2.24) is 20.3 Å². The predicted octanol–water partition coefficient (Wildman–Crippen LogP) is 5.01. The van der Waals surface area contributed by atoms with Crippen LogP contribution in [0.3, 0.4) is 0 Å². The van der Waals surface area contributed by atoms with Crippen LogP contribution in [0.25, 0.3) is 0 Å². The van der Waals surface area contributed by atoms with Gasteiger partial charge >= 0.3 is 0 Å². The molecule has 8 nitrogen and oxygen atoms in total. The average Bonchev–Trinajstić information content (AvgIpc) is 3.46. The highest BCUT2D eigenvalue weighted by molar-refractivity contribution is 5.99. The first-order valence-corrected chi connectivity index (χ1v) is 11.4. The van der Waals surface area contributed by atoms with Crippen molar-refractivity contribution in [2.75, 3.05) is 22.5 Å². The molecule has 0 atom stereocenters. The molecule has 174 valence electrons. The summed E-state index contributed by atoms with van der Waals surface area (Å²) in [5.74, 6) is 0.719. The Morgan fingerprint density at radius 2 is 1.91 bits per heavy atom. The van der Waals surface area contributed by atoms with Crippen molar-refractivity contribution in [1.29, 1.82) is 0 Å². The summed E-state index contributed by atoms with van der Waals surface area (Å²) in [5, 5.41) is 13.0. The van der Waals surface area contributed by atoms with Gasteiger partial charge in [0, 0.05) is 56.0 Å². The van der Waals surface area contributed by atoms with Crippen LogP contribution in [-0.4, -0.2) is 33.4 Å². The fourth-order valence-electron chi connectivity index (χ4n) is 3.76. The number of pyridine rings is 1. The Balaban J connectivity index is 0.00000171. The van der Waals surface area contributed by atoms with Crippen molar-refractivity contribution >= 4 is 34.7 Å². The molecule has 1 aliphatic heterocycles. The molecule has 1 aromatic carbocycles. The standard InChI is InChI=1S/C25H29N7O.2H2/c1-25(2,3)21-13-18(9-11-27-21)29-22-19(23(33)30-16-4-5-16)14-28-24(32-22)31-17-6-7-20-15(12-17)8-10-26-20;;/h6-7,9,11-14,16,26H,4-5,8,10H2,1-3H3,(H,30,33)(H2,27,28,29,31,32);2*1H. The van der Waals surface area contributed by atoms with Gasteiger partial charge in [-0.2, -0.15) is 4.98 Å². The fourth-order valence-corrected chi connectivity index (χ4v) is 3.76. The van der Waals surface area contributed by atoms with Gasteiger partial charge in [-0.25, -0.2) is 4.98 Å². The largest absolute Gasteiger partial charge is 0.384 e. The number of hydrogen-bond acceptors (Lipinski definition) is 7. The van der Waals surface area contributed by atoms with E-state index in [0.717, 1.165) is 42.9 Å². The van der Waals surface area contributed by atoms with Gasteiger partial charge in [-0.1, -0.05) is 20.8 Å². The van der Waals surface area contributed by atoms with Crippen molar-refractivity contribution in [3.05, 3.63) is 59.5 Å². The van der Waals surface area contributed by atoms with Crippen molar-refractivity contribution < 1.29 is 7.65 Å². The smallest absolute Gasteiger partial charge is 0.256 e. The van der Waals surface area contributed by atoms with Crippen LogP contribution in [-0.2, 0) is 11.8 Å². The van der Waals surface area contributed by atoms with E-state index in [1.54, 1.807) is 12.4 Å². The SMILES string of the molecule is CC(C)(C)c1cc(Nc2nc(Nc3ccc4c(c3)CCN4)ncc2C(=O)NC2CC2)ccn1.[HH].[HH]. The van der Waals surface area contributed by atoms with Crippen LogP contribution in [0.2, 0.25) is 0 Å². The van der Waals surface area contributed by atoms with Crippen LogP contribution in [0, 0.1) is 0 Å². The molecular formula is C25H33N7O. The quantitative estimate of drug-likeness (QED) is 0.421. The number of nitrogens with zero attached hydrogens (tertiary/aromatic N) is 3. The number of rotatable bonds is 6. The molecule has 3 heterocycles. The summed E-state index contributed by atoms with van der Waals surface area (Å²) in [6.45, 7) is 7.31. The number of hydrogen-bond donors (Lipinski definition) is 4. The van der Waals surface area contributed by atoms with Gasteiger partial charge in [0.1, 0.15) is 11.4 Å². The first-order chi connectivity index (χ1) is 15.8. The van der Waals surface area contributed by atoms with Crippen LogP contribution in [0.4, 0.5) is 28.8 Å². The molecule has 4 N–H and O–H groups in total. The molecule has 0 spiro atoms. The molecule has 3 aromatic rings. The maximum Gasteiger partial charge on any atom is 0.256 e. The second kappa shape index (κ2) is 8.35. The van der Waals surface area contributed by atoms with Crippen LogP contribution < -0.4 is 21.3 Å². The minimum Gasteiger partial charge on any atom is -0.384 e. The molecule has 1 aliphatic carbocycles. The Bertz CT molecular complexity index is 1210. The lowest BCUT2D eigenvalue weighted by Gasteiger charge is -2.19. The van der Waals surface area contributed by atoms with Crippen LogP contribution in [0.15, 0.2) is 42.7 Å². The highest BCUT2D eigenvalue weighted by atomic mass is 16.1. The molecule has 5 rings (SSSR count). The number of aromatic nitrogens is 3. The minimum atomic E-state index is -0.166. The van der Waals surface area contributed by atoms with Crippen LogP contribution >= 0.6 is 0 Å². The molecule has 0 radical (unpaired) electrons. The summed E-state index contributed by atoms with van der Waals surface area (Å²) in [5.41, 5.74) is 5.45. The third kappa shape index (κ3) is 4.89. The zero-order chi connectivity index (χ0) is 23.0. The Hall–Kier alpha value is -3.68. The van der Waals surface area contributed by atoms with E-state index in [9.17, 15) is 4.79 Å². The number of anilines is 5. The fraction of sp³-hybridized carbons (Fsp3) is 0.360. The summed E-state index contributed by atoms with van der Waals surface area (Å²) in [6, 6.07) is 10.3. The van der Waals surface area contributed by atoms with Crippen molar-refractivity contribution in [2.45, 2.75) is 51.5 Å². The maximum absolute atomic E-state index is 12.9. The van der Waals surface area contributed by atoms with Crippen molar-refractivity contribution in [3.8, 4) is 0 Å². The van der Waals surface area contributed by atoms with Gasteiger partial charge in [0.15, 0.2) is 0 Å². The Kier molecular flexibility index (Phi) is 5.36. The number of carbonyl (C=O) groups is 1. The van der Waals surface area contributed by atoms with E-state index in [0.29, 0.717) is 17.3 Å². The van der Waals surface area contributed by atoms with Gasteiger partial charge in [0.2, 0.25) is 5.95 Å². The summed E-state index contributed by atoms with van der Waals surface area (Å²) < 4.78 is 0.